The fourth-order valence-corrected chi connectivity index (χ4v) is 2.45. The quantitative estimate of drug-likeness (QED) is 0.446. The first-order chi connectivity index (χ1) is 12.4. The Morgan fingerprint density at radius 3 is 2.58 bits per heavy atom. The van der Waals surface area contributed by atoms with E-state index in [1.807, 2.05) is 0 Å². The third kappa shape index (κ3) is 3.92. The number of nitro groups is 1. The van der Waals surface area contributed by atoms with Crippen LogP contribution in [-0.4, -0.2) is 29.6 Å². The Morgan fingerprint density at radius 1 is 1.23 bits per heavy atom. The lowest BCUT2D eigenvalue weighted by atomic mass is 10.2. The molecule has 26 heavy (non-hydrogen) atoms. The molecule has 1 fully saturated rings. The number of hydrogen-bond donors (Lipinski definition) is 0. The number of halogens is 1. The Kier molecular flexibility index (Phi) is 5.04. The SMILES string of the molecule is O=C(O[C@@H]1CCOC1=O)c1ccc(Oc2ccc(Cl)cc2[N+](=O)[O-])cc1. The van der Waals surface area contributed by atoms with E-state index in [4.69, 9.17) is 25.8 Å². The van der Waals surface area contributed by atoms with Crippen LogP contribution in [0.5, 0.6) is 11.5 Å². The zero-order valence-electron chi connectivity index (χ0n) is 13.2. The zero-order valence-corrected chi connectivity index (χ0v) is 14.0. The van der Waals surface area contributed by atoms with Gasteiger partial charge in [0.1, 0.15) is 5.75 Å². The molecule has 3 rings (SSSR count). The summed E-state index contributed by atoms with van der Waals surface area (Å²) in [6.07, 6.45) is -0.568. The fraction of sp³-hybridized carbons (Fsp3) is 0.176. The van der Waals surface area contributed by atoms with Crippen LogP contribution in [0.1, 0.15) is 16.8 Å². The van der Waals surface area contributed by atoms with Gasteiger partial charge in [-0.05, 0) is 36.4 Å². The molecule has 1 aliphatic heterocycles. The molecule has 0 radical (unpaired) electrons. The Hall–Kier alpha value is -3.13. The van der Waals surface area contributed by atoms with Crippen LogP contribution in [0.4, 0.5) is 5.69 Å². The summed E-state index contributed by atoms with van der Waals surface area (Å²) in [5.41, 5.74) is -0.0663. The molecule has 0 unspecified atom stereocenters. The lowest BCUT2D eigenvalue weighted by molar-refractivity contribution is -0.385. The maximum absolute atomic E-state index is 12.0. The van der Waals surface area contributed by atoms with Crippen molar-refractivity contribution in [3.8, 4) is 11.5 Å². The summed E-state index contributed by atoms with van der Waals surface area (Å²) in [4.78, 5) is 33.8. The minimum atomic E-state index is -0.893. The van der Waals surface area contributed by atoms with E-state index in [-0.39, 0.29) is 34.4 Å². The third-order valence-electron chi connectivity index (χ3n) is 3.57. The number of benzene rings is 2. The van der Waals surface area contributed by atoms with E-state index < -0.39 is 23.0 Å². The summed E-state index contributed by atoms with van der Waals surface area (Å²) < 4.78 is 15.3. The smallest absolute Gasteiger partial charge is 0.347 e. The maximum Gasteiger partial charge on any atom is 0.347 e. The number of nitrogens with zero attached hydrogens (tertiary/aromatic N) is 1. The van der Waals surface area contributed by atoms with Gasteiger partial charge in [-0.15, -0.1) is 0 Å². The molecule has 9 heteroatoms. The summed E-state index contributed by atoms with van der Waals surface area (Å²) in [6, 6.07) is 9.82. The summed E-state index contributed by atoms with van der Waals surface area (Å²) >= 11 is 5.76. The van der Waals surface area contributed by atoms with Crippen molar-refractivity contribution in [3.63, 3.8) is 0 Å². The molecule has 2 aromatic rings. The van der Waals surface area contributed by atoms with E-state index >= 15 is 0 Å². The van der Waals surface area contributed by atoms with E-state index in [1.54, 1.807) is 0 Å². The number of ether oxygens (including phenoxy) is 3. The summed E-state index contributed by atoms with van der Waals surface area (Å²) in [5.74, 6) is -0.929. The molecule has 0 amide bonds. The average Bonchev–Trinajstić information content (AvgIpc) is 3.01. The van der Waals surface area contributed by atoms with Crippen molar-refractivity contribution in [2.75, 3.05) is 6.61 Å². The van der Waals surface area contributed by atoms with Gasteiger partial charge >= 0.3 is 17.6 Å². The van der Waals surface area contributed by atoms with Gasteiger partial charge in [0.2, 0.25) is 11.9 Å². The molecule has 1 saturated heterocycles. The Labute approximate surface area is 152 Å². The lowest BCUT2D eigenvalue weighted by Gasteiger charge is -2.09. The van der Waals surface area contributed by atoms with E-state index in [0.717, 1.165) is 0 Å². The molecule has 0 saturated carbocycles. The first-order valence-electron chi connectivity index (χ1n) is 7.53. The summed E-state index contributed by atoms with van der Waals surface area (Å²) in [5, 5.41) is 11.3. The van der Waals surface area contributed by atoms with Gasteiger partial charge in [0.15, 0.2) is 0 Å². The second-order valence-electron chi connectivity index (χ2n) is 5.35. The second-order valence-corrected chi connectivity index (χ2v) is 5.78. The van der Waals surface area contributed by atoms with Crippen molar-refractivity contribution in [1.82, 2.24) is 0 Å². The minimum Gasteiger partial charge on any atom is -0.463 e. The molecule has 8 nitrogen and oxygen atoms in total. The maximum atomic E-state index is 12.0. The van der Waals surface area contributed by atoms with Gasteiger partial charge < -0.3 is 14.2 Å². The molecule has 0 N–H and O–H groups in total. The average molecular weight is 378 g/mol. The van der Waals surface area contributed by atoms with Gasteiger partial charge in [0, 0.05) is 17.5 Å². The molecule has 0 spiro atoms. The van der Waals surface area contributed by atoms with E-state index in [0.29, 0.717) is 6.42 Å². The predicted octanol–water partition coefficient (Wildman–Crippen LogP) is 3.51. The van der Waals surface area contributed by atoms with Gasteiger partial charge in [0.05, 0.1) is 17.1 Å². The zero-order chi connectivity index (χ0) is 18.7. The van der Waals surface area contributed by atoms with Crippen LogP contribution in [0.3, 0.4) is 0 Å². The van der Waals surface area contributed by atoms with Crippen LogP contribution in [0, 0.1) is 10.1 Å². The minimum absolute atomic E-state index is 0.0171. The molecule has 2 aromatic carbocycles. The Morgan fingerprint density at radius 2 is 1.96 bits per heavy atom. The predicted molar refractivity (Wildman–Crippen MR) is 89.4 cm³/mol. The van der Waals surface area contributed by atoms with Crippen LogP contribution in [0.2, 0.25) is 5.02 Å². The van der Waals surface area contributed by atoms with Gasteiger partial charge in [-0.2, -0.15) is 0 Å². The van der Waals surface area contributed by atoms with Gasteiger partial charge in [-0.1, -0.05) is 11.6 Å². The van der Waals surface area contributed by atoms with Crippen molar-refractivity contribution < 1.29 is 28.7 Å². The second kappa shape index (κ2) is 7.40. The van der Waals surface area contributed by atoms with Crippen LogP contribution >= 0.6 is 11.6 Å². The van der Waals surface area contributed by atoms with E-state index in [9.17, 15) is 19.7 Å². The lowest BCUT2D eigenvalue weighted by Crippen LogP contribution is -2.22. The summed E-state index contributed by atoms with van der Waals surface area (Å²) in [7, 11) is 0. The van der Waals surface area contributed by atoms with Crippen LogP contribution < -0.4 is 4.74 Å². The van der Waals surface area contributed by atoms with E-state index in [2.05, 4.69) is 0 Å². The molecular weight excluding hydrogens is 366 g/mol. The van der Waals surface area contributed by atoms with Crippen molar-refractivity contribution in [1.29, 1.82) is 0 Å². The van der Waals surface area contributed by atoms with Crippen LogP contribution in [0.25, 0.3) is 0 Å². The van der Waals surface area contributed by atoms with Crippen molar-refractivity contribution in [2.45, 2.75) is 12.5 Å². The molecule has 1 aliphatic rings. The van der Waals surface area contributed by atoms with Crippen molar-refractivity contribution >= 4 is 29.2 Å². The van der Waals surface area contributed by atoms with Crippen LogP contribution in [-0.2, 0) is 14.3 Å². The molecule has 1 atom stereocenters. The number of cyclic esters (lactones) is 1. The number of carbonyl (C=O) groups excluding carboxylic acids is 2. The first-order valence-corrected chi connectivity index (χ1v) is 7.91. The topological polar surface area (TPSA) is 105 Å². The monoisotopic (exact) mass is 377 g/mol. The number of carbonyl (C=O) groups is 2. The molecule has 0 bridgehead atoms. The Bertz CT molecular complexity index is 866. The number of hydrogen-bond acceptors (Lipinski definition) is 7. The highest BCUT2D eigenvalue weighted by Crippen LogP contribution is 2.33. The van der Waals surface area contributed by atoms with Gasteiger partial charge in [-0.3, -0.25) is 10.1 Å². The molecule has 0 aromatic heterocycles. The number of rotatable bonds is 5. The molecule has 134 valence electrons. The summed E-state index contributed by atoms with van der Waals surface area (Å²) in [6.45, 7) is 0.226. The highest BCUT2D eigenvalue weighted by molar-refractivity contribution is 6.30. The molecule has 1 heterocycles. The van der Waals surface area contributed by atoms with Gasteiger partial charge in [0.25, 0.3) is 0 Å². The van der Waals surface area contributed by atoms with Crippen molar-refractivity contribution in [2.24, 2.45) is 0 Å². The molecular formula is C17H12ClNO7. The standard InChI is InChI=1S/C17H12ClNO7/c18-11-3-6-14(13(9-11)19(22)23)25-12-4-1-10(2-5-12)16(20)26-15-7-8-24-17(15)21/h1-6,9,15H,7-8H2/t15-/m1/s1. The third-order valence-corrected chi connectivity index (χ3v) is 3.81. The highest BCUT2D eigenvalue weighted by atomic mass is 35.5. The Balaban J connectivity index is 1.71. The van der Waals surface area contributed by atoms with E-state index in [1.165, 1.54) is 42.5 Å². The largest absolute Gasteiger partial charge is 0.463 e. The van der Waals surface area contributed by atoms with Gasteiger partial charge in [-0.25, -0.2) is 9.59 Å². The normalized spacial score (nSPS) is 16.0. The van der Waals surface area contributed by atoms with Crippen LogP contribution in [0.15, 0.2) is 42.5 Å². The highest BCUT2D eigenvalue weighted by Gasteiger charge is 2.30. The molecule has 0 aliphatic carbocycles. The fourth-order valence-electron chi connectivity index (χ4n) is 2.29. The number of nitro benzene ring substituents is 1. The van der Waals surface area contributed by atoms with Crippen molar-refractivity contribution in [3.05, 3.63) is 63.2 Å². The number of esters is 2. The first kappa shape index (κ1) is 17.7.